The van der Waals surface area contributed by atoms with Gasteiger partial charge in [-0.05, 0) is 52.9 Å². The zero-order valence-electron chi connectivity index (χ0n) is 10.2. The van der Waals surface area contributed by atoms with Crippen LogP contribution in [-0.2, 0) is 0 Å². The molecular formula is C14H11IN2O3. The first-order valence-corrected chi connectivity index (χ1v) is 6.75. The van der Waals surface area contributed by atoms with Gasteiger partial charge in [0.2, 0.25) is 0 Å². The zero-order valence-corrected chi connectivity index (χ0v) is 12.4. The van der Waals surface area contributed by atoms with Crippen molar-refractivity contribution in [2.24, 2.45) is 5.10 Å². The average molecular weight is 382 g/mol. The van der Waals surface area contributed by atoms with Gasteiger partial charge in [-0.1, -0.05) is 12.1 Å². The summed E-state index contributed by atoms with van der Waals surface area (Å²) in [5.41, 5.74) is 3.16. The minimum absolute atomic E-state index is 0.238. The van der Waals surface area contributed by atoms with E-state index in [1.54, 1.807) is 30.3 Å². The van der Waals surface area contributed by atoms with Crippen LogP contribution in [0.3, 0.4) is 0 Å². The molecular weight excluding hydrogens is 371 g/mol. The van der Waals surface area contributed by atoms with Gasteiger partial charge in [0.1, 0.15) is 0 Å². The lowest BCUT2D eigenvalue weighted by molar-refractivity contribution is 0.0955. The molecule has 0 atom stereocenters. The molecule has 0 aromatic heterocycles. The molecule has 0 bridgehead atoms. The summed E-state index contributed by atoms with van der Waals surface area (Å²) >= 11 is 2.11. The first kappa shape index (κ1) is 14.3. The molecule has 102 valence electrons. The Hall–Kier alpha value is -2.09. The van der Waals surface area contributed by atoms with Gasteiger partial charge in [0, 0.05) is 14.7 Å². The van der Waals surface area contributed by atoms with Crippen LogP contribution in [-0.4, -0.2) is 22.3 Å². The standard InChI is InChI=1S/C14H11IN2O3/c15-11-5-1-3-9(7-11)14(20)17-16-8-10-4-2-6-12(18)13(10)19/h1-8,18-19H,(H,17,20). The van der Waals surface area contributed by atoms with Gasteiger partial charge >= 0.3 is 0 Å². The number of hydrazone groups is 1. The van der Waals surface area contributed by atoms with Gasteiger partial charge in [0.15, 0.2) is 11.5 Å². The molecule has 0 aliphatic carbocycles. The Labute approximate surface area is 129 Å². The van der Waals surface area contributed by atoms with Crippen LogP contribution >= 0.6 is 22.6 Å². The molecule has 0 spiro atoms. The normalized spacial score (nSPS) is 10.7. The fourth-order valence-corrected chi connectivity index (χ4v) is 2.05. The molecule has 0 aliphatic heterocycles. The third-order valence-corrected chi connectivity index (χ3v) is 3.17. The number of phenols is 2. The zero-order chi connectivity index (χ0) is 14.5. The number of aromatic hydroxyl groups is 2. The second-order valence-corrected chi connectivity index (χ2v) is 5.17. The molecule has 6 heteroatoms. The SMILES string of the molecule is O=C(NN=Cc1cccc(O)c1O)c1cccc(I)c1. The van der Waals surface area contributed by atoms with E-state index >= 15 is 0 Å². The van der Waals surface area contributed by atoms with Crippen LogP contribution in [0.2, 0.25) is 0 Å². The Balaban J connectivity index is 2.07. The summed E-state index contributed by atoms with van der Waals surface area (Å²) in [5.74, 6) is -0.864. The molecule has 0 saturated heterocycles. The average Bonchev–Trinajstić information content (AvgIpc) is 2.43. The first-order valence-electron chi connectivity index (χ1n) is 5.68. The molecule has 0 aliphatic rings. The molecule has 1 amide bonds. The molecule has 0 radical (unpaired) electrons. The first-order chi connectivity index (χ1) is 9.58. The van der Waals surface area contributed by atoms with E-state index in [1.807, 2.05) is 6.07 Å². The number of rotatable bonds is 3. The summed E-state index contributed by atoms with van der Waals surface area (Å²) in [5, 5.41) is 22.6. The molecule has 2 aromatic rings. The summed E-state index contributed by atoms with van der Waals surface area (Å²) in [6, 6.07) is 11.6. The highest BCUT2D eigenvalue weighted by Gasteiger charge is 2.05. The van der Waals surface area contributed by atoms with E-state index in [0.717, 1.165) is 3.57 Å². The van der Waals surface area contributed by atoms with Crippen molar-refractivity contribution in [2.45, 2.75) is 0 Å². The Morgan fingerprint density at radius 1 is 1.20 bits per heavy atom. The number of nitrogens with zero attached hydrogens (tertiary/aromatic N) is 1. The second kappa shape index (κ2) is 6.38. The highest BCUT2D eigenvalue weighted by atomic mass is 127. The van der Waals surface area contributed by atoms with Crippen molar-refractivity contribution >= 4 is 34.7 Å². The van der Waals surface area contributed by atoms with Crippen LogP contribution in [0.15, 0.2) is 47.6 Å². The lowest BCUT2D eigenvalue weighted by Crippen LogP contribution is -2.17. The molecule has 5 nitrogen and oxygen atoms in total. The second-order valence-electron chi connectivity index (χ2n) is 3.92. The monoisotopic (exact) mass is 382 g/mol. The fourth-order valence-electron chi connectivity index (χ4n) is 1.51. The molecule has 2 aromatic carbocycles. The number of carbonyl (C=O) groups is 1. The van der Waals surface area contributed by atoms with Crippen molar-refractivity contribution in [1.29, 1.82) is 0 Å². The molecule has 3 N–H and O–H groups in total. The lowest BCUT2D eigenvalue weighted by atomic mass is 10.2. The van der Waals surface area contributed by atoms with Gasteiger partial charge in [0.05, 0.1) is 6.21 Å². The number of amides is 1. The van der Waals surface area contributed by atoms with E-state index in [2.05, 4.69) is 33.1 Å². The van der Waals surface area contributed by atoms with Crippen molar-refractivity contribution in [3.8, 4) is 11.5 Å². The third kappa shape index (κ3) is 3.47. The number of phenolic OH excluding ortho intramolecular Hbond substituents is 2. The largest absolute Gasteiger partial charge is 0.504 e. The Bertz CT molecular complexity index is 671. The van der Waals surface area contributed by atoms with Gasteiger partial charge in [-0.25, -0.2) is 5.43 Å². The number of hydrogen-bond acceptors (Lipinski definition) is 4. The summed E-state index contributed by atoms with van der Waals surface area (Å²) in [7, 11) is 0. The van der Waals surface area contributed by atoms with E-state index in [0.29, 0.717) is 11.1 Å². The highest BCUT2D eigenvalue weighted by molar-refractivity contribution is 14.1. The van der Waals surface area contributed by atoms with E-state index in [-0.39, 0.29) is 17.4 Å². The van der Waals surface area contributed by atoms with Crippen LogP contribution in [0.25, 0.3) is 0 Å². The van der Waals surface area contributed by atoms with Crippen LogP contribution in [0, 0.1) is 3.57 Å². The van der Waals surface area contributed by atoms with Crippen LogP contribution in [0.4, 0.5) is 0 Å². The van der Waals surface area contributed by atoms with Gasteiger partial charge in [-0.3, -0.25) is 4.79 Å². The maximum atomic E-state index is 11.8. The Kier molecular flexibility index (Phi) is 4.57. The predicted octanol–water partition coefficient (Wildman–Crippen LogP) is 2.47. The van der Waals surface area contributed by atoms with Gasteiger partial charge in [-0.15, -0.1) is 0 Å². The minimum Gasteiger partial charge on any atom is -0.504 e. The van der Waals surface area contributed by atoms with E-state index < -0.39 is 0 Å². The topological polar surface area (TPSA) is 81.9 Å². The maximum absolute atomic E-state index is 11.8. The highest BCUT2D eigenvalue weighted by Crippen LogP contribution is 2.26. The predicted molar refractivity (Wildman–Crippen MR) is 84.0 cm³/mol. The molecule has 20 heavy (non-hydrogen) atoms. The van der Waals surface area contributed by atoms with Gasteiger partial charge in [-0.2, -0.15) is 5.10 Å². The van der Waals surface area contributed by atoms with Gasteiger partial charge < -0.3 is 10.2 Å². The quantitative estimate of drug-likeness (QED) is 0.330. The summed E-state index contributed by atoms with van der Waals surface area (Å²) in [6.07, 6.45) is 1.26. The van der Waals surface area contributed by atoms with Crippen molar-refractivity contribution in [1.82, 2.24) is 5.43 Å². The van der Waals surface area contributed by atoms with Crippen molar-refractivity contribution in [3.63, 3.8) is 0 Å². The number of hydrogen-bond donors (Lipinski definition) is 3. The van der Waals surface area contributed by atoms with Crippen LogP contribution in [0.1, 0.15) is 15.9 Å². The van der Waals surface area contributed by atoms with E-state index in [4.69, 9.17) is 0 Å². The molecule has 0 heterocycles. The number of benzene rings is 2. The minimum atomic E-state index is -0.348. The Morgan fingerprint density at radius 3 is 2.70 bits per heavy atom. The summed E-state index contributed by atoms with van der Waals surface area (Å²) < 4.78 is 0.949. The summed E-state index contributed by atoms with van der Waals surface area (Å²) in [4.78, 5) is 11.8. The van der Waals surface area contributed by atoms with Crippen molar-refractivity contribution in [2.75, 3.05) is 0 Å². The van der Waals surface area contributed by atoms with Gasteiger partial charge in [0.25, 0.3) is 5.91 Å². The molecule has 0 unspecified atom stereocenters. The molecule has 0 fully saturated rings. The fraction of sp³-hybridized carbons (Fsp3) is 0. The maximum Gasteiger partial charge on any atom is 0.271 e. The number of carbonyl (C=O) groups excluding carboxylic acids is 1. The third-order valence-electron chi connectivity index (χ3n) is 2.50. The Morgan fingerprint density at radius 2 is 1.95 bits per heavy atom. The number of halogens is 1. The number of para-hydroxylation sites is 1. The lowest BCUT2D eigenvalue weighted by Gasteiger charge is -2.02. The van der Waals surface area contributed by atoms with E-state index in [9.17, 15) is 15.0 Å². The van der Waals surface area contributed by atoms with E-state index in [1.165, 1.54) is 12.3 Å². The molecule has 2 rings (SSSR count). The molecule has 0 saturated carbocycles. The summed E-state index contributed by atoms with van der Waals surface area (Å²) in [6.45, 7) is 0. The van der Waals surface area contributed by atoms with Crippen molar-refractivity contribution < 1.29 is 15.0 Å². The number of nitrogens with one attached hydrogen (secondary N) is 1. The smallest absolute Gasteiger partial charge is 0.271 e. The van der Waals surface area contributed by atoms with Crippen LogP contribution in [0.5, 0.6) is 11.5 Å². The van der Waals surface area contributed by atoms with Crippen molar-refractivity contribution in [3.05, 3.63) is 57.2 Å². The van der Waals surface area contributed by atoms with Crippen LogP contribution < -0.4 is 5.43 Å².